The summed E-state index contributed by atoms with van der Waals surface area (Å²) in [6.45, 7) is 2.04. The van der Waals surface area contributed by atoms with E-state index in [2.05, 4.69) is 10.2 Å². The molecule has 0 unspecified atom stereocenters. The van der Waals surface area contributed by atoms with Gasteiger partial charge in [-0.15, -0.1) is 10.2 Å². The van der Waals surface area contributed by atoms with Crippen molar-refractivity contribution in [2.24, 2.45) is 5.14 Å². The van der Waals surface area contributed by atoms with Gasteiger partial charge in [-0.25, -0.2) is 13.6 Å². The minimum atomic E-state index is -3.72. The van der Waals surface area contributed by atoms with Crippen LogP contribution in [0.3, 0.4) is 0 Å². The fourth-order valence-corrected chi connectivity index (χ4v) is 3.48. The van der Waals surface area contributed by atoms with Crippen molar-refractivity contribution in [3.8, 4) is 17.1 Å². The van der Waals surface area contributed by atoms with Gasteiger partial charge in [0, 0.05) is 11.3 Å². The number of primary sulfonamides is 1. The van der Waals surface area contributed by atoms with Crippen molar-refractivity contribution in [3.63, 3.8) is 0 Å². The second-order valence-electron chi connectivity index (χ2n) is 4.98. The maximum absolute atomic E-state index is 11.4. The zero-order valence-electron chi connectivity index (χ0n) is 13.0. The number of hydrogen-bond acceptors (Lipinski definition) is 5. The average Bonchev–Trinajstić information content (AvgIpc) is 2.99. The third kappa shape index (κ3) is 3.35. The predicted octanol–water partition coefficient (Wildman–Crippen LogP) is 2.69. The van der Waals surface area contributed by atoms with Crippen LogP contribution in [0.1, 0.15) is 6.92 Å². The number of sulfonamides is 1. The third-order valence-corrected chi connectivity index (χ3v) is 5.10. The van der Waals surface area contributed by atoms with Gasteiger partial charge < -0.3 is 0 Å². The molecule has 3 rings (SSSR count). The van der Waals surface area contributed by atoms with Crippen molar-refractivity contribution in [2.45, 2.75) is 17.0 Å². The van der Waals surface area contributed by atoms with Gasteiger partial charge in [-0.2, -0.15) is 0 Å². The Hall–Kier alpha value is -2.16. The zero-order valence-corrected chi connectivity index (χ0v) is 14.6. The highest BCUT2D eigenvalue weighted by atomic mass is 32.2. The Balaban J connectivity index is 2.13. The summed E-state index contributed by atoms with van der Waals surface area (Å²) in [5.41, 5.74) is 1.71. The molecule has 2 aromatic carbocycles. The van der Waals surface area contributed by atoms with Gasteiger partial charge in [-0.3, -0.25) is 4.57 Å². The molecular formula is C16H16N4O2S2. The first-order valence-electron chi connectivity index (χ1n) is 7.27. The highest BCUT2D eigenvalue weighted by molar-refractivity contribution is 7.99. The average molecular weight is 360 g/mol. The van der Waals surface area contributed by atoms with E-state index in [1.54, 1.807) is 23.9 Å². The van der Waals surface area contributed by atoms with E-state index in [0.717, 1.165) is 22.2 Å². The number of nitrogens with zero attached hydrogens (tertiary/aromatic N) is 3. The largest absolute Gasteiger partial charge is 0.270 e. The first kappa shape index (κ1) is 16.7. The summed E-state index contributed by atoms with van der Waals surface area (Å²) in [7, 11) is -3.72. The van der Waals surface area contributed by atoms with Crippen LogP contribution >= 0.6 is 11.8 Å². The number of hydrogen-bond donors (Lipinski definition) is 1. The van der Waals surface area contributed by atoms with Crippen LogP contribution in [0.15, 0.2) is 64.6 Å². The van der Waals surface area contributed by atoms with E-state index in [9.17, 15) is 8.42 Å². The quantitative estimate of drug-likeness (QED) is 0.707. The SMILES string of the molecule is CCSc1nnc(-c2ccccc2)n1-c1ccc(S(N)(=O)=O)cc1. The summed E-state index contributed by atoms with van der Waals surface area (Å²) in [5, 5.41) is 14.5. The summed E-state index contributed by atoms with van der Waals surface area (Å²) < 4.78 is 24.8. The topological polar surface area (TPSA) is 90.9 Å². The maximum atomic E-state index is 11.4. The summed E-state index contributed by atoms with van der Waals surface area (Å²) in [4.78, 5) is 0.0743. The van der Waals surface area contributed by atoms with E-state index in [4.69, 9.17) is 5.14 Å². The third-order valence-electron chi connectivity index (χ3n) is 3.36. The molecular weight excluding hydrogens is 344 g/mol. The molecule has 0 fully saturated rings. The number of rotatable bonds is 5. The molecule has 24 heavy (non-hydrogen) atoms. The molecule has 2 N–H and O–H groups in total. The molecule has 0 aliphatic rings. The van der Waals surface area contributed by atoms with E-state index in [1.807, 2.05) is 41.8 Å². The summed E-state index contributed by atoms with van der Waals surface area (Å²) in [5.74, 6) is 1.55. The smallest absolute Gasteiger partial charge is 0.238 e. The van der Waals surface area contributed by atoms with Crippen LogP contribution in [0.4, 0.5) is 0 Å². The molecule has 0 spiro atoms. The zero-order chi connectivity index (χ0) is 17.2. The van der Waals surface area contributed by atoms with E-state index >= 15 is 0 Å². The van der Waals surface area contributed by atoms with Gasteiger partial charge in [0.1, 0.15) is 0 Å². The standard InChI is InChI=1S/C16H16N4O2S2/c1-2-23-16-19-18-15(12-6-4-3-5-7-12)20(16)13-8-10-14(11-9-13)24(17,21)22/h3-11H,2H2,1H3,(H2,17,21,22). The first-order valence-corrected chi connectivity index (χ1v) is 9.81. The van der Waals surface area contributed by atoms with Gasteiger partial charge in [-0.05, 0) is 30.0 Å². The molecule has 8 heteroatoms. The number of nitrogens with two attached hydrogens (primary N) is 1. The van der Waals surface area contributed by atoms with Crippen molar-refractivity contribution < 1.29 is 8.42 Å². The van der Waals surface area contributed by atoms with E-state index in [0.29, 0.717) is 5.82 Å². The molecule has 6 nitrogen and oxygen atoms in total. The Bertz CT molecular complexity index is 936. The van der Waals surface area contributed by atoms with Gasteiger partial charge in [0.15, 0.2) is 11.0 Å². The van der Waals surface area contributed by atoms with Crippen LogP contribution in [0.2, 0.25) is 0 Å². The lowest BCUT2D eigenvalue weighted by Gasteiger charge is -2.10. The molecule has 0 atom stereocenters. The minimum absolute atomic E-state index is 0.0743. The molecule has 0 aliphatic carbocycles. The highest BCUT2D eigenvalue weighted by Gasteiger charge is 2.16. The summed E-state index contributed by atoms with van der Waals surface area (Å²) >= 11 is 1.57. The second-order valence-corrected chi connectivity index (χ2v) is 7.77. The molecule has 0 radical (unpaired) electrons. The molecule has 1 heterocycles. The molecule has 0 saturated heterocycles. The first-order chi connectivity index (χ1) is 11.5. The highest BCUT2D eigenvalue weighted by Crippen LogP contribution is 2.28. The Morgan fingerprint density at radius 3 is 2.29 bits per heavy atom. The van der Waals surface area contributed by atoms with Crippen molar-refractivity contribution >= 4 is 21.8 Å². The van der Waals surface area contributed by atoms with E-state index < -0.39 is 10.0 Å². The molecule has 0 saturated carbocycles. The van der Waals surface area contributed by atoms with Crippen LogP contribution in [0, 0.1) is 0 Å². The molecule has 1 aromatic heterocycles. The fourth-order valence-electron chi connectivity index (χ4n) is 2.28. The maximum Gasteiger partial charge on any atom is 0.238 e. The fraction of sp³-hybridized carbons (Fsp3) is 0.125. The molecule has 0 amide bonds. The lowest BCUT2D eigenvalue weighted by Crippen LogP contribution is -2.12. The monoisotopic (exact) mass is 360 g/mol. The normalized spacial score (nSPS) is 11.6. The Morgan fingerprint density at radius 1 is 1.04 bits per heavy atom. The van der Waals surface area contributed by atoms with E-state index in [-0.39, 0.29) is 4.90 Å². The van der Waals surface area contributed by atoms with Gasteiger partial charge in [0.2, 0.25) is 10.0 Å². The van der Waals surface area contributed by atoms with E-state index in [1.165, 1.54) is 12.1 Å². The molecule has 0 bridgehead atoms. The van der Waals surface area contributed by atoms with Gasteiger partial charge in [0.05, 0.1) is 4.90 Å². The van der Waals surface area contributed by atoms with Gasteiger partial charge >= 0.3 is 0 Å². The van der Waals surface area contributed by atoms with Crippen molar-refractivity contribution in [1.29, 1.82) is 0 Å². The van der Waals surface area contributed by atoms with Gasteiger partial charge in [0.25, 0.3) is 0 Å². The number of thioether (sulfide) groups is 1. The lowest BCUT2D eigenvalue weighted by molar-refractivity contribution is 0.598. The Morgan fingerprint density at radius 2 is 1.71 bits per heavy atom. The van der Waals surface area contributed by atoms with Gasteiger partial charge in [-0.1, -0.05) is 49.0 Å². The Labute approximate surface area is 144 Å². The lowest BCUT2D eigenvalue weighted by atomic mass is 10.2. The van der Waals surface area contributed by atoms with Crippen LogP contribution in [-0.4, -0.2) is 28.9 Å². The summed E-state index contributed by atoms with van der Waals surface area (Å²) in [6.07, 6.45) is 0. The second kappa shape index (κ2) is 6.76. The van der Waals surface area contributed by atoms with Crippen LogP contribution in [-0.2, 0) is 10.0 Å². The molecule has 3 aromatic rings. The van der Waals surface area contributed by atoms with Crippen molar-refractivity contribution in [2.75, 3.05) is 5.75 Å². The number of aromatic nitrogens is 3. The number of benzene rings is 2. The minimum Gasteiger partial charge on any atom is -0.270 e. The molecule has 124 valence electrons. The molecule has 0 aliphatic heterocycles. The van der Waals surface area contributed by atoms with Crippen molar-refractivity contribution in [1.82, 2.24) is 14.8 Å². The van der Waals surface area contributed by atoms with Crippen LogP contribution in [0.5, 0.6) is 0 Å². The summed E-state index contributed by atoms with van der Waals surface area (Å²) in [6, 6.07) is 16.1. The van der Waals surface area contributed by atoms with Crippen LogP contribution in [0.25, 0.3) is 17.1 Å². The Kier molecular flexibility index (Phi) is 4.70. The predicted molar refractivity (Wildman–Crippen MR) is 94.6 cm³/mol. The van der Waals surface area contributed by atoms with Crippen molar-refractivity contribution in [3.05, 3.63) is 54.6 Å². The van der Waals surface area contributed by atoms with Crippen LogP contribution < -0.4 is 5.14 Å².